The van der Waals surface area contributed by atoms with E-state index in [4.69, 9.17) is 9.47 Å². The van der Waals surface area contributed by atoms with Crippen molar-refractivity contribution in [1.82, 2.24) is 0 Å². The Kier molecular flexibility index (Phi) is 5.08. The molecule has 2 aromatic carbocycles. The Labute approximate surface area is 131 Å². The first-order valence-corrected chi connectivity index (χ1v) is 8.61. The Morgan fingerprint density at radius 2 is 1.45 bits per heavy atom. The van der Waals surface area contributed by atoms with Crippen molar-refractivity contribution in [2.45, 2.75) is 18.2 Å². The minimum atomic E-state index is -3.30. The van der Waals surface area contributed by atoms with Crippen molar-refractivity contribution in [3.05, 3.63) is 53.6 Å². The van der Waals surface area contributed by atoms with Gasteiger partial charge in [0.1, 0.15) is 11.5 Å². The second-order valence-corrected chi connectivity index (χ2v) is 7.21. The van der Waals surface area contributed by atoms with E-state index in [1.54, 1.807) is 32.4 Å². The molecule has 0 heterocycles. The Hall–Kier alpha value is -2.01. The quantitative estimate of drug-likeness (QED) is 0.821. The van der Waals surface area contributed by atoms with Crippen LogP contribution in [0.4, 0.5) is 0 Å². The predicted molar refractivity (Wildman–Crippen MR) is 86.5 cm³/mol. The molecule has 0 aromatic heterocycles. The molecular weight excluding hydrogens is 300 g/mol. The molecule has 0 N–H and O–H groups in total. The lowest BCUT2D eigenvalue weighted by Gasteiger charge is -2.09. The van der Waals surface area contributed by atoms with E-state index in [1.165, 1.54) is 0 Å². The molecule has 0 spiro atoms. The highest BCUT2D eigenvalue weighted by atomic mass is 32.2. The molecule has 0 saturated heterocycles. The number of sulfone groups is 1. The van der Waals surface area contributed by atoms with Gasteiger partial charge in [0, 0.05) is 6.07 Å². The molecule has 0 fully saturated rings. The Balaban J connectivity index is 2.16. The number of hydrogen-bond donors (Lipinski definition) is 0. The standard InChI is InChI=1S/C17H20O4S/c1-13-4-6-17(7-5-13)22(18,19)9-8-14-10-15(20-2)12-16(11-14)21-3/h4-7,10-12H,8-9H2,1-3H3. The summed E-state index contributed by atoms with van der Waals surface area (Å²) >= 11 is 0. The fourth-order valence-electron chi connectivity index (χ4n) is 2.13. The zero-order chi connectivity index (χ0) is 16.2. The summed E-state index contributed by atoms with van der Waals surface area (Å²) in [6.07, 6.45) is 0.407. The highest BCUT2D eigenvalue weighted by Crippen LogP contribution is 2.23. The third-order valence-electron chi connectivity index (χ3n) is 3.45. The van der Waals surface area contributed by atoms with Crippen molar-refractivity contribution < 1.29 is 17.9 Å². The van der Waals surface area contributed by atoms with Crippen LogP contribution in [0.3, 0.4) is 0 Å². The summed E-state index contributed by atoms with van der Waals surface area (Å²) in [7, 11) is -0.154. The molecule has 0 aliphatic heterocycles. The molecule has 4 nitrogen and oxygen atoms in total. The van der Waals surface area contributed by atoms with Gasteiger partial charge in [0.2, 0.25) is 0 Å². The predicted octanol–water partition coefficient (Wildman–Crippen LogP) is 3.03. The van der Waals surface area contributed by atoms with Gasteiger partial charge in [-0.15, -0.1) is 0 Å². The highest BCUT2D eigenvalue weighted by Gasteiger charge is 2.14. The molecule has 5 heteroatoms. The normalized spacial score (nSPS) is 11.2. The van der Waals surface area contributed by atoms with Crippen LogP contribution in [0.25, 0.3) is 0 Å². The van der Waals surface area contributed by atoms with Crippen LogP contribution in [0.5, 0.6) is 11.5 Å². The first-order valence-electron chi connectivity index (χ1n) is 6.96. The largest absolute Gasteiger partial charge is 0.497 e. The Morgan fingerprint density at radius 1 is 0.909 bits per heavy atom. The van der Waals surface area contributed by atoms with Crippen LogP contribution in [0, 0.1) is 6.92 Å². The summed E-state index contributed by atoms with van der Waals surface area (Å²) in [6, 6.07) is 12.3. The van der Waals surface area contributed by atoms with E-state index in [0.717, 1.165) is 11.1 Å². The summed E-state index contributed by atoms with van der Waals surface area (Å²) < 4.78 is 35.1. The number of benzene rings is 2. The van der Waals surface area contributed by atoms with Gasteiger partial charge in [-0.1, -0.05) is 17.7 Å². The van der Waals surface area contributed by atoms with Gasteiger partial charge in [-0.3, -0.25) is 0 Å². The monoisotopic (exact) mass is 320 g/mol. The van der Waals surface area contributed by atoms with E-state index in [0.29, 0.717) is 22.8 Å². The topological polar surface area (TPSA) is 52.6 Å². The van der Waals surface area contributed by atoms with Gasteiger partial charge < -0.3 is 9.47 Å². The van der Waals surface area contributed by atoms with E-state index in [9.17, 15) is 8.42 Å². The van der Waals surface area contributed by atoms with Crippen LogP contribution in [0.1, 0.15) is 11.1 Å². The smallest absolute Gasteiger partial charge is 0.178 e. The minimum Gasteiger partial charge on any atom is -0.497 e. The molecular formula is C17H20O4S. The number of hydrogen-bond acceptors (Lipinski definition) is 4. The van der Waals surface area contributed by atoms with Gasteiger partial charge in [-0.05, 0) is 43.2 Å². The Morgan fingerprint density at radius 3 is 1.95 bits per heavy atom. The molecule has 0 aliphatic rings. The maximum Gasteiger partial charge on any atom is 0.178 e. The van der Waals surface area contributed by atoms with E-state index in [1.807, 2.05) is 31.2 Å². The van der Waals surface area contributed by atoms with Crippen molar-refractivity contribution in [3.8, 4) is 11.5 Å². The van der Waals surface area contributed by atoms with E-state index in [-0.39, 0.29) is 5.75 Å². The van der Waals surface area contributed by atoms with Gasteiger partial charge >= 0.3 is 0 Å². The first kappa shape index (κ1) is 16.4. The van der Waals surface area contributed by atoms with Crippen molar-refractivity contribution in [2.24, 2.45) is 0 Å². The fraction of sp³-hybridized carbons (Fsp3) is 0.294. The zero-order valence-electron chi connectivity index (χ0n) is 13.0. The van der Waals surface area contributed by atoms with Gasteiger partial charge in [-0.25, -0.2) is 8.42 Å². The number of methoxy groups -OCH3 is 2. The maximum absolute atomic E-state index is 12.4. The fourth-order valence-corrected chi connectivity index (χ4v) is 3.42. The molecule has 118 valence electrons. The molecule has 0 amide bonds. The Bertz CT molecular complexity index is 712. The summed E-state index contributed by atoms with van der Waals surface area (Å²) in [5.74, 6) is 1.36. The van der Waals surface area contributed by atoms with Crippen LogP contribution in [0.15, 0.2) is 47.4 Å². The SMILES string of the molecule is COc1cc(CCS(=O)(=O)c2ccc(C)cc2)cc(OC)c1. The molecule has 0 aliphatic carbocycles. The first-order chi connectivity index (χ1) is 10.4. The molecule has 0 saturated carbocycles. The van der Waals surface area contributed by atoms with E-state index >= 15 is 0 Å². The number of rotatable bonds is 6. The number of ether oxygens (including phenoxy) is 2. The molecule has 2 aromatic rings. The zero-order valence-corrected chi connectivity index (χ0v) is 13.8. The maximum atomic E-state index is 12.4. The minimum absolute atomic E-state index is 0.0480. The van der Waals surface area contributed by atoms with Gasteiger partial charge in [0.25, 0.3) is 0 Å². The van der Waals surface area contributed by atoms with E-state index < -0.39 is 9.84 Å². The summed E-state index contributed by atoms with van der Waals surface area (Å²) in [4.78, 5) is 0.355. The van der Waals surface area contributed by atoms with Crippen LogP contribution in [0.2, 0.25) is 0 Å². The van der Waals surface area contributed by atoms with Crippen molar-refractivity contribution in [3.63, 3.8) is 0 Å². The molecule has 0 atom stereocenters. The number of aryl methyl sites for hydroxylation is 2. The lowest BCUT2D eigenvalue weighted by molar-refractivity contribution is 0.393. The van der Waals surface area contributed by atoms with Gasteiger partial charge in [-0.2, -0.15) is 0 Å². The second kappa shape index (κ2) is 6.83. The lowest BCUT2D eigenvalue weighted by atomic mass is 10.1. The van der Waals surface area contributed by atoms with Crippen molar-refractivity contribution in [2.75, 3.05) is 20.0 Å². The summed E-state index contributed by atoms with van der Waals surface area (Å²) in [5, 5.41) is 0. The van der Waals surface area contributed by atoms with Crippen molar-refractivity contribution in [1.29, 1.82) is 0 Å². The van der Waals surface area contributed by atoms with Gasteiger partial charge in [0.15, 0.2) is 9.84 Å². The van der Waals surface area contributed by atoms with Gasteiger partial charge in [0.05, 0.1) is 24.9 Å². The summed E-state index contributed by atoms with van der Waals surface area (Å²) in [6.45, 7) is 1.93. The lowest BCUT2D eigenvalue weighted by Crippen LogP contribution is -2.09. The van der Waals surface area contributed by atoms with Crippen LogP contribution >= 0.6 is 0 Å². The molecule has 0 radical (unpaired) electrons. The third-order valence-corrected chi connectivity index (χ3v) is 5.18. The molecule has 2 rings (SSSR count). The third kappa shape index (κ3) is 4.01. The molecule has 0 unspecified atom stereocenters. The van der Waals surface area contributed by atoms with Crippen LogP contribution in [-0.4, -0.2) is 28.4 Å². The van der Waals surface area contributed by atoms with Crippen LogP contribution < -0.4 is 9.47 Å². The molecule has 22 heavy (non-hydrogen) atoms. The van der Waals surface area contributed by atoms with Crippen molar-refractivity contribution >= 4 is 9.84 Å². The molecule has 0 bridgehead atoms. The second-order valence-electron chi connectivity index (χ2n) is 5.10. The highest BCUT2D eigenvalue weighted by molar-refractivity contribution is 7.91. The average Bonchev–Trinajstić information content (AvgIpc) is 2.53. The van der Waals surface area contributed by atoms with E-state index in [2.05, 4.69) is 0 Å². The average molecular weight is 320 g/mol. The summed E-state index contributed by atoms with van der Waals surface area (Å²) in [5.41, 5.74) is 1.91. The van der Waals surface area contributed by atoms with Crippen LogP contribution in [-0.2, 0) is 16.3 Å².